The molecule has 0 spiro atoms. The van der Waals surface area contributed by atoms with Gasteiger partial charge in [-0.1, -0.05) is 96.9 Å². The fourth-order valence-corrected chi connectivity index (χ4v) is 2.03. The van der Waals surface area contributed by atoms with Crippen LogP contribution in [0.4, 0.5) is 0 Å². The van der Waals surface area contributed by atoms with Crippen molar-refractivity contribution in [2.45, 2.75) is 118 Å². The van der Waals surface area contributed by atoms with Gasteiger partial charge in [0, 0.05) is 0 Å². The Morgan fingerprint density at radius 3 is 1.03 bits per heavy atom. The number of hydrogen-bond acceptors (Lipinski definition) is 4. The molecule has 202 valence electrons. The molecule has 0 saturated carbocycles. The molecule has 0 atom stereocenters. The lowest BCUT2D eigenvalue weighted by molar-refractivity contribution is -0.931. The van der Waals surface area contributed by atoms with Gasteiger partial charge in [0.1, 0.15) is 13.1 Å². The number of likely N-dealkylation sites (N-methyl/N-ethyl adjacent to an activating group) is 1. The summed E-state index contributed by atoms with van der Waals surface area (Å²) in [6, 6.07) is 0. The summed E-state index contributed by atoms with van der Waals surface area (Å²) in [5.74, 6) is 0. The number of hydrogen-bond donors (Lipinski definition) is 1. The third-order valence-electron chi connectivity index (χ3n) is 3.03. The maximum absolute atomic E-state index is 9.56. The lowest BCUT2D eigenvalue weighted by Crippen LogP contribution is -2.54. The van der Waals surface area contributed by atoms with Crippen LogP contribution in [0.5, 0.6) is 0 Å². The van der Waals surface area contributed by atoms with Gasteiger partial charge >= 0.3 is 10.4 Å². The second-order valence-electron chi connectivity index (χ2n) is 3.87. The third-order valence-corrected chi connectivity index (χ3v) is 3.56. The van der Waals surface area contributed by atoms with Crippen LogP contribution < -0.4 is 0 Å². The first-order valence-electron chi connectivity index (χ1n) is 12.9. The molecule has 0 radical (unpaired) electrons. The van der Waals surface area contributed by atoms with E-state index in [-0.39, 0.29) is 6.61 Å². The number of nitrogens with zero attached hydrogens (tertiary/aromatic N) is 1. The van der Waals surface area contributed by atoms with Crippen molar-refractivity contribution in [2.24, 2.45) is 0 Å². The van der Waals surface area contributed by atoms with Gasteiger partial charge in [0.25, 0.3) is 0 Å². The van der Waals surface area contributed by atoms with Crippen LogP contribution in [-0.2, 0) is 19.3 Å². The number of quaternary nitrogens is 1. The summed E-state index contributed by atoms with van der Waals surface area (Å²) in [4.78, 5) is 0. The third kappa shape index (κ3) is 58.7. The maximum Gasteiger partial charge on any atom is 0.397 e. The summed E-state index contributed by atoms with van der Waals surface area (Å²) in [7, 11) is -4.17. The van der Waals surface area contributed by atoms with E-state index in [1.165, 1.54) is 37.6 Å². The summed E-state index contributed by atoms with van der Waals surface area (Å²) in [6.07, 6.45) is 0. The van der Waals surface area contributed by atoms with Crippen LogP contribution in [0.3, 0.4) is 0 Å². The van der Waals surface area contributed by atoms with E-state index in [9.17, 15) is 8.42 Å². The molecule has 1 aliphatic rings. The van der Waals surface area contributed by atoms with Crippen LogP contribution >= 0.6 is 0 Å². The predicted molar refractivity (Wildman–Crippen MR) is 145 cm³/mol. The van der Waals surface area contributed by atoms with E-state index in [2.05, 4.69) is 18.0 Å². The van der Waals surface area contributed by atoms with Crippen molar-refractivity contribution in [3.8, 4) is 0 Å². The van der Waals surface area contributed by atoms with Gasteiger partial charge in [0.15, 0.2) is 0 Å². The summed E-state index contributed by atoms with van der Waals surface area (Å²) in [5.41, 5.74) is 0. The smallest absolute Gasteiger partial charge is 0.370 e. The highest BCUT2D eigenvalue weighted by Gasteiger charge is 2.25. The molecule has 1 rings (SSSR count). The van der Waals surface area contributed by atoms with Crippen molar-refractivity contribution in [1.82, 2.24) is 0 Å². The van der Waals surface area contributed by atoms with Crippen LogP contribution in [-0.4, -0.2) is 63.5 Å². The van der Waals surface area contributed by atoms with E-state index in [0.29, 0.717) is 0 Å². The summed E-state index contributed by atoms with van der Waals surface area (Å²) >= 11 is 0. The van der Waals surface area contributed by atoms with Crippen molar-refractivity contribution in [3.63, 3.8) is 0 Å². The Labute approximate surface area is 200 Å². The minimum atomic E-state index is -4.17. The van der Waals surface area contributed by atoms with Gasteiger partial charge in [0.2, 0.25) is 0 Å². The molecule has 0 bridgehead atoms. The summed E-state index contributed by atoms with van der Waals surface area (Å²) in [5, 5.41) is 0. The highest BCUT2D eigenvalue weighted by molar-refractivity contribution is 7.80. The molecule has 6 nitrogen and oxygen atoms in total. The zero-order valence-corrected chi connectivity index (χ0v) is 25.7. The van der Waals surface area contributed by atoms with E-state index in [1.807, 2.05) is 96.9 Å². The molecule has 7 heteroatoms. The minimum Gasteiger partial charge on any atom is -0.370 e. The Bertz CT molecular complexity index is 286. The summed E-state index contributed by atoms with van der Waals surface area (Å²) in [6.45, 7) is 40.9. The Morgan fingerprint density at radius 1 is 0.677 bits per heavy atom. The second-order valence-corrected chi connectivity index (χ2v) is 4.96. The average molecular weight is 481 g/mol. The molecule has 0 amide bonds. The minimum absolute atomic E-state index is 0.0289. The molecule has 0 aliphatic carbocycles. The molecular weight excluding hydrogens is 414 g/mol. The van der Waals surface area contributed by atoms with Gasteiger partial charge in [-0.2, -0.15) is 8.42 Å². The molecule has 0 aromatic carbocycles. The molecule has 1 aliphatic heterocycles. The molecular formula is C24H66NO5S+. The maximum atomic E-state index is 9.56. The zero-order valence-electron chi connectivity index (χ0n) is 24.9. The van der Waals surface area contributed by atoms with Gasteiger partial charge in [-0.3, -0.25) is 4.55 Å². The Kier molecular flexibility index (Phi) is 96.9. The van der Waals surface area contributed by atoms with E-state index in [4.69, 9.17) is 9.29 Å². The van der Waals surface area contributed by atoms with Crippen molar-refractivity contribution >= 4 is 10.4 Å². The first-order chi connectivity index (χ1) is 14.9. The lowest BCUT2D eigenvalue weighted by Gasteiger charge is -2.39. The van der Waals surface area contributed by atoms with Crippen LogP contribution in [0, 0.1) is 0 Å². The van der Waals surface area contributed by atoms with Gasteiger partial charge in [-0.15, -0.1) is 0 Å². The fraction of sp³-hybridized carbons (Fsp3) is 1.00. The zero-order chi connectivity index (χ0) is 27.4. The Balaban J connectivity index is -0.0000000371. The van der Waals surface area contributed by atoms with E-state index in [1.54, 1.807) is 0 Å². The first-order valence-corrected chi connectivity index (χ1v) is 14.3. The number of rotatable bonds is 4. The normalized spacial score (nSPS) is 11.9. The lowest BCUT2D eigenvalue weighted by atomic mass is 10.3. The molecule has 1 fully saturated rings. The SMILES string of the molecule is CC.CC.CC.CC.CC.CC.CC.CCOS(=O)(=O)O.CC[N+]1(CC)CCOCC1. The standard InChI is InChI=1S/C8H18NO.C2H6O4S.7C2H6/c1-3-9(4-2)5-7-10-8-6-9;1-2-6-7(3,4)5;7*1-2/h3-8H2,1-2H3;2H2,1H3,(H,3,4,5);7*1-2H3/q+1;;;;;;;;. The molecule has 1 N–H and O–H groups in total. The number of morpholine rings is 1. The topological polar surface area (TPSA) is 72.8 Å². The second kappa shape index (κ2) is 57.1. The largest absolute Gasteiger partial charge is 0.397 e. The Morgan fingerprint density at radius 2 is 0.935 bits per heavy atom. The number of ether oxygens (including phenoxy) is 1. The van der Waals surface area contributed by atoms with Gasteiger partial charge < -0.3 is 9.22 Å². The van der Waals surface area contributed by atoms with Crippen LogP contribution in [0.15, 0.2) is 0 Å². The molecule has 0 aromatic rings. The first kappa shape index (κ1) is 52.6. The molecule has 0 aromatic heterocycles. The van der Waals surface area contributed by atoms with Crippen molar-refractivity contribution < 1.29 is 26.4 Å². The van der Waals surface area contributed by atoms with Crippen molar-refractivity contribution in [3.05, 3.63) is 0 Å². The molecule has 31 heavy (non-hydrogen) atoms. The van der Waals surface area contributed by atoms with Gasteiger partial charge in [-0.25, -0.2) is 4.18 Å². The van der Waals surface area contributed by atoms with Crippen LogP contribution in [0.2, 0.25) is 0 Å². The van der Waals surface area contributed by atoms with E-state index >= 15 is 0 Å². The van der Waals surface area contributed by atoms with Crippen molar-refractivity contribution in [1.29, 1.82) is 0 Å². The quantitative estimate of drug-likeness (QED) is 0.327. The molecule has 1 saturated heterocycles. The molecule has 1 heterocycles. The average Bonchev–Trinajstić information content (AvgIpc) is 2.88. The fourth-order valence-electron chi connectivity index (χ4n) is 1.74. The highest BCUT2D eigenvalue weighted by Crippen LogP contribution is 2.09. The van der Waals surface area contributed by atoms with E-state index in [0.717, 1.165) is 13.2 Å². The predicted octanol–water partition coefficient (Wildman–Crippen LogP) is 7.88. The summed E-state index contributed by atoms with van der Waals surface area (Å²) < 4.78 is 37.2. The Hall–Kier alpha value is -0.210. The van der Waals surface area contributed by atoms with Gasteiger partial charge in [0.05, 0.1) is 32.9 Å². The van der Waals surface area contributed by atoms with E-state index < -0.39 is 10.4 Å². The van der Waals surface area contributed by atoms with Crippen LogP contribution in [0.25, 0.3) is 0 Å². The van der Waals surface area contributed by atoms with Gasteiger partial charge in [-0.05, 0) is 20.8 Å². The monoisotopic (exact) mass is 480 g/mol. The molecule has 0 unspecified atom stereocenters. The highest BCUT2D eigenvalue weighted by atomic mass is 32.3. The van der Waals surface area contributed by atoms with Crippen LogP contribution in [0.1, 0.15) is 118 Å². The van der Waals surface area contributed by atoms with Crippen molar-refractivity contribution in [2.75, 3.05) is 46.0 Å².